The lowest BCUT2D eigenvalue weighted by Gasteiger charge is -2.33. The lowest BCUT2D eigenvalue weighted by molar-refractivity contribution is -0.140. The normalized spacial score (nSPS) is 11.7. The second-order valence-electron chi connectivity index (χ2n) is 10.3. The molecule has 0 aliphatic rings. The van der Waals surface area contributed by atoms with Gasteiger partial charge in [0.25, 0.3) is 10.0 Å². The van der Waals surface area contributed by atoms with E-state index in [1.54, 1.807) is 12.1 Å². The van der Waals surface area contributed by atoms with Crippen molar-refractivity contribution in [3.8, 4) is 23.0 Å². The van der Waals surface area contributed by atoms with E-state index in [2.05, 4.69) is 5.32 Å². The number of methoxy groups -OCH3 is 4. The van der Waals surface area contributed by atoms with E-state index in [9.17, 15) is 18.0 Å². The lowest BCUT2D eigenvalue weighted by Crippen LogP contribution is -2.52. The maximum absolute atomic E-state index is 14.4. The van der Waals surface area contributed by atoms with Crippen LogP contribution in [0.2, 0.25) is 0 Å². The molecule has 0 saturated heterocycles. The zero-order chi connectivity index (χ0) is 33.1. The average Bonchev–Trinajstić information content (AvgIpc) is 3.05. The van der Waals surface area contributed by atoms with Gasteiger partial charge >= 0.3 is 0 Å². The van der Waals surface area contributed by atoms with E-state index in [0.717, 1.165) is 21.9 Å². The number of hydrogen-bond donors (Lipinski definition) is 1. The number of benzene rings is 3. The maximum Gasteiger partial charge on any atom is 0.265 e. The van der Waals surface area contributed by atoms with Gasteiger partial charge in [-0.05, 0) is 49.6 Å². The molecule has 0 bridgehead atoms. The summed E-state index contributed by atoms with van der Waals surface area (Å²) >= 11 is 0. The van der Waals surface area contributed by atoms with Gasteiger partial charge in [-0.25, -0.2) is 8.42 Å². The second-order valence-corrected chi connectivity index (χ2v) is 12.2. The molecule has 45 heavy (non-hydrogen) atoms. The van der Waals surface area contributed by atoms with Crippen LogP contribution in [0, 0.1) is 6.92 Å². The highest BCUT2D eigenvalue weighted by molar-refractivity contribution is 7.92. The van der Waals surface area contributed by atoms with E-state index in [0.29, 0.717) is 24.5 Å². The SMILES string of the molecule is CCCNC(=O)C(CC)N(Cc1cccc(C)c1)C(=O)CN(c1cc(OC)ccc1OC)S(=O)(=O)c1ccc(OC)c(OC)c1. The minimum atomic E-state index is -4.43. The van der Waals surface area contributed by atoms with Crippen LogP contribution in [0.5, 0.6) is 23.0 Å². The van der Waals surface area contributed by atoms with E-state index >= 15 is 0 Å². The Balaban J connectivity index is 2.19. The predicted molar refractivity (Wildman–Crippen MR) is 173 cm³/mol. The molecule has 1 atom stereocenters. The Labute approximate surface area is 266 Å². The fraction of sp³-hybridized carbons (Fsp3) is 0.394. The first-order chi connectivity index (χ1) is 21.5. The topological polar surface area (TPSA) is 124 Å². The number of ether oxygens (including phenoxy) is 4. The number of carbonyl (C=O) groups excluding carboxylic acids is 2. The standard InChI is InChI=1S/C33H43N3O8S/c1-8-17-34-33(38)27(9-2)35(21-24-12-10-11-23(3)18-24)32(37)22-36(28-19-25(41-4)13-15-29(28)42-5)45(39,40)26-14-16-30(43-6)31(20-26)44-7/h10-16,18-20,27H,8-9,17,21-22H2,1-7H3,(H,34,38). The van der Waals surface area contributed by atoms with Crippen molar-refractivity contribution in [2.75, 3.05) is 45.8 Å². The Morgan fingerprint density at radius 2 is 1.53 bits per heavy atom. The fourth-order valence-corrected chi connectivity index (χ4v) is 6.33. The first-order valence-electron chi connectivity index (χ1n) is 14.6. The summed E-state index contributed by atoms with van der Waals surface area (Å²) in [6, 6.07) is 15.6. The van der Waals surface area contributed by atoms with Crippen LogP contribution < -0.4 is 28.6 Å². The third kappa shape index (κ3) is 8.39. The molecule has 3 rings (SSSR count). The highest BCUT2D eigenvalue weighted by Crippen LogP contribution is 2.38. The van der Waals surface area contributed by atoms with Gasteiger partial charge in [-0.15, -0.1) is 0 Å². The summed E-state index contributed by atoms with van der Waals surface area (Å²) in [5.41, 5.74) is 1.87. The first kappa shape index (κ1) is 35.0. The molecule has 2 amide bonds. The number of aryl methyl sites for hydroxylation is 1. The van der Waals surface area contributed by atoms with Gasteiger partial charge in [0.2, 0.25) is 11.8 Å². The van der Waals surface area contributed by atoms with Gasteiger partial charge in [0.05, 0.1) is 39.0 Å². The van der Waals surface area contributed by atoms with Gasteiger partial charge in [-0.3, -0.25) is 13.9 Å². The van der Waals surface area contributed by atoms with Crippen LogP contribution >= 0.6 is 0 Å². The van der Waals surface area contributed by atoms with Crippen molar-refractivity contribution < 1.29 is 37.0 Å². The quantitative estimate of drug-likeness (QED) is 0.242. The Hall–Kier alpha value is -4.45. The molecule has 0 aliphatic carbocycles. The van der Waals surface area contributed by atoms with Crippen molar-refractivity contribution in [2.45, 2.75) is 51.1 Å². The third-order valence-electron chi connectivity index (χ3n) is 7.25. The number of nitrogens with one attached hydrogen (secondary N) is 1. The van der Waals surface area contributed by atoms with Gasteiger partial charge in [0, 0.05) is 25.2 Å². The van der Waals surface area contributed by atoms with Gasteiger partial charge in [-0.1, -0.05) is 43.7 Å². The summed E-state index contributed by atoms with van der Waals surface area (Å²) < 4.78 is 51.4. The highest BCUT2D eigenvalue weighted by Gasteiger charge is 2.35. The van der Waals surface area contributed by atoms with E-state index < -0.39 is 28.5 Å². The average molecular weight is 642 g/mol. The molecule has 0 heterocycles. The smallest absolute Gasteiger partial charge is 0.265 e. The molecule has 0 spiro atoms. The molecule has 1 unspecified atom stereocenters. The molecule has 0 saturated carbocycles. The van der Waals surface area contributed by atoms with Crippen LogP contribution in [-0.2, 0) is 26.2 Å². The number of carbonyl (C=O) groups is 2. The van der Waals surface area contributed by atoms with Crippen LogP contribution in [0.3, 0.4) is 0 Å². The van der Waals surface area contributed by atoms with Crippen LogP contribution in [0.1, 0.15) is 37.8 Å². The van der Waals surface area contributed by atoms with Crippen LogP contribution in [0.15, 0.2) is 65.6 Å². The summed E-state index contributed by atoms with van der Waals surface area (Å²) in [6.07, 6.45) is 1.04. The monoisotopic (exact) mass is 641 g/mol. The van der Waals surface area contributed by atoms with E-state index in [4.69, 9.17) is 18.9 Å². The van der Waals surface area contributed by atoms with Gasteiger partial charge in [0.15, 0.2) is 11.5 Å². The summed E-state index contributed by atoms with van der Waals surface area (Å²) in [6.45, 7) is 5.60. The van der Waals surface area contributed by atoms with Crippen LogP contribution in [0.25, 0.3) is 0 Å². The lowest BCUT2D eigenvalue weighted by atomic mass is 10.1. The molecule has 3 aromatic carbocycles. The molecule has 244 valence electrons. The van der Waals surface area contributed by atoms with Crippen molar-refractivity contribution in [2.24, 2.45) is 0 Å². The number of anilines is 1. The van der Waals surface area contributed by atoms with Crippen molar-refractivity contribution in [3.05, 3.63) is 71.8 Å². The largest absolute Gasteiger partial charge is 0.497 e. The van der Waals surface area contributed by atoms with Crippen molar-refractivity contribution in [1.29, 1.82) is 0 Å². The molecule has 12 heteroatoms. The maximum atomic E-state index is 14.4. The summed E-state index contributed by atoms with van der Waals surface area (Å²) in [5, 5.41) is 2.89. The molecule has 1 N–H and O–H groups in total. The molecule has 0 aromatic heterocycles. The highest BCUT2D eigenvalue weighted by atomic mass is 32.2. The van der Waals surface area contributed by atoms with E-state index in [1.165, 1.54) is 57.6 Å². The summed E-state index contributed by atoms with van der Waals surface area (Å²) in [4.78, 5) is 29.0. The second kappa shape index (κ2) is 16.0. The minimum absolute atomic E-state index is 0.0824. The van der Waals surface area contributed by atoms with Gasteiger partial charge < -0.3 is 29.2 Å². The number of nitrogens with zero attached hydrogens (tertiary/aromatic N) is 2. The number of amides is 2. The van der Waals surface area contributed by atoms with Crippen LogP contribution in [-0.4, -0.2) is 72.7 Å². The Morgan fingerprint density at radius 3 is 2.13 bits per heavy atom. The zero-order valence-corrected chi connectivity index (χ0v) is 27.8. The van der Waals surface area contributed by atoms with E-state index in [1.807, 2.05) is 45.0 Å². The third-order valence-corrected chi connectivity index (χ3v) is 9.00. The van der Waals surface area contributed by atoms with Gasteiger partial charge in [-0.2, -0.15) is 0 Å². The Bertz CT molecular complexity index is 1580. The van der Waals surface area contributed by atoms with E-state index in [-0.39, 0.29) is 34.5 Å². The molecule has 11 nitrogen and oxygen atoms in total. The summed E-state index contributed by atoms with van der Waals surface area (Å²) in [5.74, 6) is 0.198. The van der Waals surface area contributed by atoms with Crippen LogP contribution in [0.4, 0.5) is 5.69 Å². The van der Waals surface area contributed by atoms with Crippen molar-refractivity contribution in [3.63, 3.8) is 0 Å². The zero-order valence-electron chi connectivity index (χ0n) is 27.0. The van der Waals surface area contributed by atoms with Crippen molar-refractivity contribution >= 4 is 27.5 Å². The molecule has 3 aromatic rings. The molecule has 0 aliphatic heterocycles. The predicted octanol–water partition coefficient (Wildman–Crippen LogP) is 4.56. The first-order valence-corrected chi connectivity index (χ1v) is 16.1. The number of sulfonamides is 1. The molecular formula is C33H43N3O8S. The number of rotatable bonds is 16. The Morgan fingerprint density at radius 1 is 0.844 bits per heavy atom. The Kier molecular flexibility index (Phi) is 12.5. The molecule has 0 radical (unpaired) electrons. The minimum Gasteiger partial charge on any atom is -0.497 e. The number of hydrogen-bond acceptors (Lipinski definition) is 8. The fourth-order valence-electron chi connectivity index (χ4n) is 4.90. The van der Waals surface area contributed by atoms with Gasteiger partial charge in [0.1, 0.15) is 24.1 Å². The summed E-state index contributed by atoms with van der Waals surface area (Å²) in [7, 11) is 1.28. The van der Waals surface area contributed by atoms with Crippen molar-refractivity contribution in [1.82, 2.24) is 10.2 Å². The molecule has 0 fully saturated rings. The molecular weight excluding hydrogens is 598 g/mol.